The predicted molar refractivity (Wildman–Crippen MR) is 96.3 cm³/mol. The monoisotopic (exact) mass is 343 g/mol. The average Bonchev–Trinajstić information content (AvgIpc) is 3.25. The Hall–Kier alpha value is -1.78. The predicted octanol–water partition coefficient (Wildman–Crippen LogP) is 3.11. The van der Waals surface area contributed by atoms with E-state index >= 15 is 0 Å². The van der Waals surface area contributed by atoms with Gasteiger partial charge in [-0.15, -0.1) is 0 Å². The highest BCUT2D eigenvalue weighted by Crippen LogP contribution is 2.42. The van der Waals surface area contributed by atoms with Gasteiger partial charge in [-0.25, -0.2) is 0 Å². The van der Waals surface area contributed by atoms with Crippen LogP contribution in [0.1, 0.15) is 67.4 Å². The van der Waals surface area contributed by atoms with Gasteiger partial charge in [-0.05, 0) is 45.1 Å². The fourth-order valence-corrected chi connectivity index (χ4v) is 5.12. The minimum Gasteiger partial charge on any atom is -0.365 e. The van der Waals surface area contributed by atoms with Crippen molar-refractivity contribution in [3.8, 4) is 0 Å². The number of hydrogen-bond acceptors (Lipinski definition) is 2. The summed E-state index contributed by atoms with van der Waals surface area (Å²) in [5, 5.41) is 0. The molecule has 0 bridgehead atoms. The Kier molecular flexibility index (Phi) is 4.34. The summed E-state index contributed by atoms with van der Waals surface area (Å²) in [4.78, 5) is 33.3. The Morgan fingerprint density at radius 3 is 2.68 bits per heavy atom. The van der Waals surface area contributed by atoms with E-state index < -0.39 is 0 Å². The highest BCUT2D eigenvalue weighted by Gasteiger charge is 2.50. The first-order valence-electron chi connectivity index (χ1n) is 9.85. The molecule has 2 amide bonds. The molecule has 5 heteroatoms. The van der Waals surface area contributed by atoms with Gasteiger partial charge in [-0.2, -0.15) is 0 Å². The van der Waals surface area contributed by atoms with Crippen molar-refractivity contribution < 1.29 is 9.59 Å². The molecule has 0 radical (unpaired) electrons. The Morgan fingerprint density at radius 1 is 1.16 bits per heavy atom. The number of aromatic nitrogens is 1. The molecule has 1 unspecified atom stereocenters. The number of carbonyl (C=O) groups excluding carboxylic acids is 2. The van der Waals surface area contributed by atoms with Crippen LogP contribution in [0.25, 0.3) is 0 Å². The van der Waals surface area contributed by atoms with Crippen LogP contribution in [0, 0.1) is 12.3 Å². The van der Waals surface area contributed by atoms with Crippen LogP contribution in [0.4, 0.5) is 0 Å². The number of likely N-dealkylation sites (tertiary alicyclic amines) is 2. The molecule has 3 aliphatic rings. The number of nitrogens with zero attached hydrogens (tertiary/aromatic N) is 2. The summed E-state index contributed by atoms with van der Waals surface area (Å²) in [6.45, 7) is 4.14. The van der Waals surface area contributed by atoms with E-state index in [0.717, 1.165) is 49.9 Å². The van der Waals surface area contributed by atoms with Crippen LogP contribution >= 0.6 is 0 Å². The molecule has 1 saturated carbocycles. The van der Waals surface area contributed by atoms with Crippen LogP contribution in [-0.2, 0) is 4.79 Å². The molecule has 5 nitrogen and oxygen atoms in total. The first-order chi connectivity index (χ1) is 12.1. The lowest BCUT2D eigenvalue weighted by Crippen LogP contribution is -2.54. The van der Waals surface area contributed by atoms with E-state index in [2.05, 4.69) is 9.88 Å². The molecule has 1 N–H and O–H groups in total. The van der Waals surface area contributed by atoms with Crippen molar-refractivity contribution in [1.29, 1.82) is 0 Å². The molecule has 1 aromatic heterocycles. The Labute approximate surface area is 149 Å². The lowest BCUT2D eigenvalue weighted by atomic mass is 9.77. The minimum absolute atomic E-state index is 0.0678. The van der Waals surface area contributed by atoms with Crippen LogP contribution < -0.4 is 0 Å². The number of rotatable bonds is 2. The van der Waals surface area contributed by atoms with Crippen molar-refractivity contribution in [2.75, 3.05) is 19.6 Å². The number of nitrogens with one attached hydrogen (secondary N) is 1. The zero-order valence-electron chi connectivity index (χ0n) is 15.2. The fraction of sp³-hybridized carbons (Fsp3) is 0.700. The summed E-state index contributed by atoms with van der Waals surface area (Å²) in [6, 6.07) is 2.29. The van der Waals surface area contributed by atoms with Gasteiger partial charge in [0.2, 0.25) is 5.91 Å². The second-order valence-electron chi connectivity index (χ2n) is 8.17. The van der Waals surface area contributed by atoms with Crippen LogP contribution in [0.5, 0.6) is 0 Å². The number of hydrogen-bond donors (Lipinski definition) is 1. The molecular formula is C20H29N3O2. The summed E-state index contributed by atoms with van der Waals surface area (Å²) in [7, 11) is 0. The lowest BCUT2D eigenvalue weighted by molar-refractivity contribution is -0.149. The number of carbonyl (C=O) groups is 2. The fourth-order valence-electron chi connectivity index (χ4n) is 5.12. The molecule has 2 saturated heterocycles. The number of aryl methyl sites for hydroxylation is 1. The van der Waals surface area contributed by atoms with E-state index in [9.17, 15) is 9.59 Å². The second-order valence-corrected chi connectivity index (χ2v) is 8.17. The number of H-pyrrole nitrogens is 1. The van der Waals surface area contributed by atoms with E-state index in [4.69, 9.17) is 0 Å². The normalized spacial score (nSPS) is 28.1. The first-order valence-corrected chi connectivity index (χ1v) is 9.85. The van der Waals surface area contributed by atoms with Crippen molar-refractivity contribution >= 4 is 11.8 Å². The molecule has 1 atom stereocenters. The number of amides is 2. The van der Waals surface area contributed by atoms with E-state index in [-0.39, 0.29) is 11.3 Å². The molecule has 1 aliphatic carbocycles. The van der Waals surface area contributed by atoms with E-state index in [0.29, 0.717) is 25.0 Å². The SMILES string of the molecule is Cc1[nH]ccc1C(=O)N1CCC2(CCCN(C3CCCCC3)C2=O)C1. The number of aromatic amines is 1. The van der Waals surface area contributed by atoms with Gasteiger partial charge in [-0.3, -0.25) is 9.59 Å². The topological polar surface area (TPSA) is 56.4 Å². The summed E-state index contributed by atoms with van der Waals surface area (Å²) >= 11 is 0. The molecule has 3 fully saturated rings. The standard InChI is InChI=1S/C20H29N3O2/c1-15-17(8-11-21-15)18(24)22-13-10-20(14-22)9-5-12-23(19(20)25)16-6-3-2-4-7-16/h8,11,16,21H,2-7,9-10,12-14H2,1H3. The molecule has 136 valence electrons. The first kappa shape index (κ1) is 16.7. The molecule has 1 aromatic rings. The van der Waals surface area contributed by atoms with Gasteiger partial charge in [0, 0.05) is 37.6 Å². The van der Waals surface area contributed by atoms with Gasteiger partial charge in [0.05, 0.1) is 11.0 Å². The molecule has 0 aromatic carbocycles. The molecule has 4 rings (SSSR count). The highest BCUT2D eigenvalue weighted by molar-refractivity contribution is 5.96. The quantitative estimate of drug-likeness (QED) is 0.897. The molecule has 1 spiro atoms. The molecule has 2 aliphatic heterocycles. The molecule has 25 heavy (non-hydrogen) atoms. The highest BCUT2D eigenvalue weighted by atomic mass is 16.2. The van der Waals surface area contributed by atoms with E-state index in [1.165, 1.54) is 19.3 Å². The maximum Gasteiger partial charge on any atom is 0.255 e. The lowest BCUT2D eigenvalue weighted by Gasteiger charge is -2.44. The Balaban J connectivity index is 1.49. The van der Waals surface area contributed by atoms with Gasteiger partial charge in [0.15, 0.2) is 0 Å². The molecular weight excluding hydrogens is 314 g/mol. The minimum atomic E-state index is -0.324. The second kappa shape index (κ2) is 6.50. The zero-order valence-corrected chi connectivity index (χ0v) is 15.2. The molecule has 3 heterocycles. The smallest absolute Gasteiger partial charge is 0.255 e. The van der Waals surface area contributed by atoms with Crippen LogP contribution in [0.3, 0.4) is 0 Å². The van der Waals surface area contributed by atoms with Gasteiger partial charge in [0.1, 0.15) is 0 Å². The Morgan fingerprint density at radius 2 is 1.96 bits per heavy atom. The number of piperidine rings is 1. The third-order valence-corrected chi connectivity index (χ3v) is 6.61. The zero-order chi connectivity index (χ0) is 17.4. The summed E-state index contributed by atoms with van der Waals surface area (Å²) in [6.07, 6.45) is 10.8. The van der Waals surface area contributed by atoms with Crippen molar-refractivity contribution in [2.24, 2.45) is 5.41 Å². The van der Waals surface area contributed by atoms with Crippen LogP contribution in [0.2, 0.25) is 0 Å². The van der Waals surface area contributed by atoms with Gasteiger partial charge in [0.25, 0.3) is 5.91 Å². The van der Waals surface area contributed by atoms with Crippen LogP contribution in [-0.4, -0.2) is 52.3 Å². The summed E-state index contributed by atoms with van der Waals surface area (Å²) in [5.41, 5.74) is 1.32. The largest absolute Gasteiger partial charge is 0.365 e. The van der Waals surface area contributed by atoms with E-state index in [1.807, 2.05) is 24.1 Å². The van der Waals surface area contributed by atoms with Gasteiger partial charge < -0.3 is 14.8 Å². The summed E-state index contributed by atoms with van der Waals surface area (Å²) < 4.78 is 0. The maximum atomic E-state index is 13.4. The average molecular weight is 343 g/mol. The summed E-state index contributed by atoms with van der Waals surface area (Å²) in [5.74, 6) is 0.393. The van der Waals surface area contributed by atoms with Crippen molar-refractivity contribution in [2.45, 2.75) is 64.3 Å². The van der Waals surface area contributed by atoms with Crippen molar-refractivity contribution in [1.82, 2.24) is 14.8 Å². The third kappa shape index (κ3) is 2.87. The van der Waals surface area contributed by atoms with Gasteiger partial charge in [-0.1, -0.05) is 19.3 Å². The maximum absolute atomic E-state index is 13.4. The Bertz CT molecular complexity index is 662. The van der Waals surface area contributed by atoms with E-state index in [1.54, 1.807) is 0 Å². The third-order valence-electron chi connectivity index (χ3n) is 6.61. The van der Waals surface area contributed by atoms with Gasteiger partial charge >= 0.3 is 0 Å². The van der Waals surface area contributed by atoms with Crippen molar-refractivity contribution in [3.63, 3.8) is 0 Å². The van der Waals surface area contributed by atoms with Crippen LogP contribution in [0.15, 0.2) is 12.3 Å². The van der Waals surface area contributed by atoms with Crippen molar-refractivity contribution in [3.05, 3.63) is 23.5 Å².